The molecule has 0 radical (unpaired) electrons. The van der Waals surface area contributed by atoms with Crippen molar-refractivity contribution in [3.8, 4) is 11.3 Å². The van der Waals surface area contributed by atoms with Crippen LogP contribution in [0.5, 0.6) is 0 Å². The zero-order chi connectivity index (χ0) is 23.9. The summed E-state index contributed by atoms with van der Waals surface area (Å²) in [6, 6.07) is 14.9. The standard InChI is InChI=1S/C25H24FN5O3/c1-25(18-9-10-18)23(33)31(24(34)29-25)14-20(32)28-22-21(17-7-11-19(26)12-8-17)27-15-30(22)13-16-5-3-2-4-6-16/h2-8,11-12,15,18H,9-10,13-14H2,1H3,(H,28,32)(H,29,34). The van der Waals surface area contributed by atoms with Crippen LogP contribution in [0.25, 0.3) is 11.3 Å². The highest BCUT2D eigenvalue weighted by Crippen LogP contribution is 2.42. The maximum absolute atomic E-state index is 13.5. The number of halogens is 1. The minimum Gasteiger partial charge on any atom is -0.323 e. The second-order valence-corrected chi connectivity index (χ2v) is 8.91. The molecule has 2 fully saturated rings. The Morgan fingerprint density at radius 3 is 2.53 bits per heavy atom. The largest absolute Gasteiger partial charge is 0.325 e. The minimum absolute atomic E-state index is 0.106. The molecule has 2 aliphatic rings. The summed E-state index contributed by atoms with van der Waals surface area (Å²) in [5, 5.41) is 5.57. The van der Waals surface area contributed by atoms with Crippen LogP contribution in [-0.4, -0.2) is 44.4 Å². The number of nitrogens with zero attached hydrogens (tertiary/aromatic N) is 3. The van der Waals surface area contributed by atoms with E-state index in [4.69, 9.17) is 0 Å². The second kappa shape index (κ2) is 8.40. The molecule has 4 amide bonds. The Labute approximate surface area is 195 Å². The number of nitrogens with one attached hydrogen (secondary N) is 2. The first-order valence-corrected chi connectivity index (χ1v) is 11.1. The lowest BCUT2D eigenvalue weighted by atomic mass is 9.96. The van der Waals surface area contributed by atoms with Gasteiger partial charge in [0.2, 0.25) is 5.91 Å². The van der Waals surface area contributed by atoms with E-state index in [9.17, 15) is 18.8 Å². The van der Waals surface area contributed by atoms with Gasteiger partial charge in [-0.3, -0.25) is 14.5 Å². The molecule has 8 nitrogen and oxygen atoms in total. The van der Waals surface area contributed by atoms with E-state index in [1.54, 1.807) is 30.0 Å². The van der Waals surface area contributed by atoms with Gasteiger partial charge in [-0.25, -0.2) is 14.2 Å². The van der Waals surface area contributed by atoms with Crippen LogP contribution in [0, 0.1) is 11.7 Å². The van der Waals surface area contributed by atoms with E-state index in [0.717, 1.165) is 23.3 Å². The summed E-state index contributed by atoms with van der Waals surface area (Å²) >= 11 is 0. The van der Waals surface area contributed by atoms with Gasteiger partial charge in [0, 0.05) is 5.56 Å². The Bertz CT molecular complexity index is 1250. The van der Waals surface area contributed by atoms with E-state index in [2.05, 4.69) is 15.6 Å². The highest BCUT2D eigenvalue weighted by atomic mass is 19.1. The van der Waals surface area contributed by atoms with Gasteiger partial charge in [-0.15, -0.1) is 0 Å². The first-order valence-electron chi connectivity index (χ1n) is 11.1. The van der Waals surface area contributed by atoms with E-state index in [0.29, 0.717) is 23.6 Å². The zero-order valence-corrected chi connectivity index (χ0v) is 18.6. The molecule has 1 unspecified atom stereocenters. The molecule has 1 aliphatic heterocycles. The number of aromatic nitrogens is 2. The first-order chi connectivity index (χ1) is 16.3. The predicted octanol–water partition coefficient (Wildman–Crippen LogP) is 3.40. The van der Waals surface area contributed by atoms with Crippen LogP contribution in [0.3, 0.4) is 0 Å². The Hall–Kier alpha value is -4.01. The Kier molecular flexibility index (Phi) is 5.39. The first kappa shape index (κ1) is 21.8. The molecular formula is C25H24FN5O3. The van der Waals surface area contributed by atoms with Crippen LogP contribution in [0.4, 0.5) is 15.0 Å². The number of hydrogen-bond acceptors (Lipinski definition) is 4. The number of benzene rings is 2. The van der Waals surface area contributed by atoms with Crippen molar-refractivity contribution in [2.45, 2.75) is 31.8 Å². The van der Waals surface area contributed by atoms with Crippen molar-refractivity contribution in [1.82, 2.24) is 19.8 Å². The van der Waals surface area contributed by atoms with Crippen LogP contribution >= 0.6 is 0 Å². The van der Waals surface area contributed by atoms with Gasteiger partial charge in [0.25, 0.3) is 5.91 Å². The maximum Gasteiger partial charge on any atom is 0.325 e. The highest BCUT2D eigenvalue weighted by Gasteiger charge is 2.56. The number of carbonyl (C=O) groups excluding carboxylic acids is 3. The molecule has 0 bridgehead atoms. The third-order valence-corrected chi connectivity index (χ3v) is 6.41. The van der Waals surface area contributed by atoms with Crippen molar-refractivity contribution >= 4 is 23.7 Å². The maximum atomic E-state index is 13.5. The molecule has 5 rings (SSSR count). The van der Waals surface area contributed by atoms with Crippen molar-refractivity contribution in [3.63, 3.8) is 0 Å². The lowest BCUT2D eigenvalue weighted by Crippen LogP contribution is -2.46. The Morgan fingerprint density at radius 1 is 1.15 bits per heavy atom. The number of amides is 4. The van der Waals surface area contributed by atoms with Crippen molar-refractivity contribution in [2.75, 3.05) is 11.9 Å². The molecule has 2 N–H and O–H groups in total. The topological polar surface area (TPSA) is 96.3 Å². The molecule has 1 aromatic heterocycles. The summed E-state index contributed by atoms with van der Waals surface area (Å²) in [6.45, 7) is 1.74. The fourth-order valence-electron chi connectivity index (χ4n) is 4.34. The predicted molar refractivity (Wildman–Crippen MR) is 123 cm³/mol. The molecule has 174 valence electrons. The average Bonchev–Trinajstić information content (AvgIpc) is 3.58. The van der Waals surface area contributed by atoms with Gasteiger partial charge < -0.3 is 15.2 Å². The van der Waals surface area contributed by atoms with Crippen LogP contribution in [0.1, 0.15) is 25.3 Å². The summed E-state index contributed by atoms with van der Waals surface area (Å²) in [5.41, 5.74) is 1.13. The third kappa shape index (κ3) is 4.05. The van der Waals surface area contributed by atoms with E-state index in [1.807, 2.05) is 30.3 Å². The van der Waals surface area contributed by atoms with E-state index in [-0.39, 0.29) is 17.6 Å². The van der Waals surface area contributed by atoms with Crippen molar-refractivity contribution < 1.29 is 18.8 Å². The molecule has 3 aromatic rings. The fourth-order valence-corrected chi connectivity index (χ4v) is 4.34. The van der Waals surface area contributed by atoms with Crippen LogP contribution in [-0.2, 0) is 16.1 Å². The molecule has 2 heterocycles. The van der Waals surface area contributed by atoms with Gasteiger partial charge in [0.05, 0.1) is 12.9 Å². The quantitative estimate of drug-likeness (QED) is 0.527. The Balaban J connectivity index is 1.40. The van der Waals surface area contributed by atoms with Crippen molar-refractivity contribution in [3.05, 3.63) is 72.3 Å². The van der Waals surface area contributed by atoms with Gasteiger partial charge in [0.15, 0.2) is 0 Å². The molecule has 0 spiro atoms. The summed E-state index contributed by atoms with van der Waals surface area (Å²) in [6.07, 6.45) is 3.35. The van der Waals surface area contributed by atoms with Gasteiger partial charge >= 0.3 is 6.03 Å². The number of rotatable bonds is 7. The molecule has 9 heteroatoms. The van der Waals surface area contributed by atoms with Gasteiger partial charge in [-0.1, -0.05) is 30.3 Å². The van der Waals surface area contributed by atoms with Gasteiger partial charge in [0.1, 0.15) is 29.4 Å². The number of imide groups is 1. The molecule has 1 saturated carbocycles. The molecule has 1 saturated heterocycles. The zero-order valence-electron chi connectivity index (χ0n) is 18.6. The van der Waals surface area contributed by atoms with E-state index >= 15 is 0 Å². The smallest absolute Gasteiger partial charge is 0.323 e. The number of hydrogen-bond donors (Lipinski definition) is 2. The highest BCUT2D eigenvalue weighted by molar-refractivity contribution is 6.10. The minimum atomic E-state index is -0.953. The van der Waals surface area contributed by atoms with Gasteiger partial charge in [-0.2, -0.15) is 0 Å². The molecule has 1 aliphatic carbocycles. The average molecular weight is 461 g/mol. The van der Waals surface area contributed by atoms with E-state index < -0.39 is 24.0 Å². The van der Waals surface area contributed by atoms with Crippen LogP contribution < -0.4 is 10.6 Å². The third-order valence-electron chi connectivity index (χ3n) is 6.41. The summed E-state index contributed by atoms with van der Waals surface area (Å²) in [4.78, 5) is 43.8. The van der Waals surface area contributed by atoms with Crippen molar-refractivity contribution in [2.24, 2.45) is 5.92 Å². The normalized spacial score (nSPS) is 19.9. The van der Waals surface area contributed by atoms with Gasteiger partial charge in [-0.05, 0) is 55.5 Å². The molecular weight excluding hydrogens is 437 g/mol. The number of carbonyl (C=O) groups is 3. The fraction of sp³-hybridized carbons (Fsp3) is 0.280. The molecule has 2 aromatic carbocycles. The number of anilines is 1. The SMILES string of the molecule is CC1(C2CC2)NC(=O)N(CC(=O)Nc2c(-c3ccc(F)cc3)ncn2Cc2ccccc2)C1=O. The van der Waals surface area contributed by atoms with E-state index in [1.165, 1.54) is 12.1 Å². The number of urea groups is 1. The summed E-state index contributed by atoms with van der Waals surface area (Å²) in [5.74, 6) is -0.782. The number of imidazole rings is 1. The molecule has 1 atom stereocenters. The lowest BCUT2D eigenvalue weighted by molar-refractivity contribution is -0.134. The molecule has 34 heavy (non-hydrogen) atoms. The summed E-state index contributed by atoms with van der Waals surface area (Å²) in [7, 11) is 0. The monoisotopic (exact) mass is 461 g/mol. The van der Waals surface area contributed by atoms with Crippen LogP contribution in [0.15, 0.2) is 60.9 Å². The van der Waals surface area contributed by atoms with Crippen molar-refractivity contribution in [1.29, 1.82) is 0 Å². The second-order valence-electron chi connectivity index (χ2n) is 8.91. The summed E-state index contributed by atoms with van der Waals surface area (Å²) < 4.78 is 15.2. The van der Waals surface area contributed by atoms with Crippen LogP contribution in [0.2, 0.25) is 0 Å². The lowest BCUT2D eigenvalue weighted by Gasteiger charge is -2.21. The Morgan fingerprint density at radius 2 is 1.85 bits per heavy atom.